The van der Waals surface area contributed by atoms with Gasteiger partial charge in [0.25, 0.3) is 0 Å². The molecule has 1 rings (SSSR count). The van der Waals surface area contributed by atoms with E-state index in [9.17, 15) is 0 Å². The molecule has 0 saturated heterocycles. The molecule has 1 nitrogen and oxygen atoms in total. The molecule has 0 fully saturated rings. The van der Waals surface area contributed by atoms with Gasteiger partial charge in [0, 0.05) is 17.5 Å². The summed E-state index contributed by atoms with van der Waals surface area (Å²) in [6.45, 7) is 9.83. The fourth-order valence-corrected chi connectivity index (χ4v) is 2.43. The molecule has 0 bridgehead atoms. The van der Waals surface area contributed by atoms with E-state index in [1.54, 1.807) is 0 Å². The number of hydrogen-bond donors (Lipinski definition) is 1. The minimum atomic E-state index is 0.574. The topological polar surface area (TPSA) is 12.0 Å². The van der Waals surface area contributed by atoms with Gasteiger partial charge in [-0.15, -0.1) is 11.3 Å². The van der Waals surface area contributed by atoms with Gasteiger partial charge in [-0.1, -0.05) is 20.8 Å². The molecule has 0 aromatic carbocycles. The van der Waals surface area contributed by atoms with Gasteiger partial charge in [-0.2, -0.15) is 0 Å². The second kappa shape index (κ2) is 4.77. The van der Waals surface area contributed by atoms with Crippen LogP contribution in [0.5, 0.6) is 0 Å². The van der Waals surface area contributed by atoms with E-state index in [2.05, 4.69) is 38.4 Å². The molecular weight excluding hydrogens is 178 g/mol. The fourth-order valence-electron chi connectivity index (χ4n) is 1.47. The molecule has 0 aliphatic carbocycles. The zero-order valence-corrected chi connectivity index (χ0v) is 9.79. The van der Waals surface area contributed by atoms with Crippen molar-refractivity contribution >= 4 is 11.3 Å². The zero-order valence-electron chi connectivity index (χ0n) is 8.98. The first kappa shape index (κ1) is 10.7. The van der Waals surface area contributed by atoms with Gasteiger partial charge >= 0.3 is 0 Å². The van der Waals surface area contributed by atoms with E-state index in [4.69, 9.17) is 0 Å². The fraction of sp³-hybridized carbons (Fsp3) is 0.636. The zero-order chi connectivity index (χ0) is 9.84. The third-order valence-corrected chi connectivity index (χ3v) is 3.25. The van der Waals surface area contributed by atoms with Crippen molar-refractivity contribution in [2.24, 2.45) is 0 Å². The SMILES string of the molecule is CCc1c(CNC(C)C)csc1C. The average Bonchev–Trinajstić information content (AvgIpc) is 2.42. The highest BCUT2D eigenvalue weighted by Crippen LogP contribution is 2.22. The summed E-state index contributed by atoms with van der Waals surface area (Å²) < 4.78 is 0. The van der Waals surface area contributed by atoms with E-state index in [1.165, 1.54) is 16.0 Å². The van der Waals surface area contributed by atoms with Crippen molar-refractivity contribution in [2.75, 3.05) is 0 Å². The summed E-state index contributed by atoms with van der Waals surface area (Å²) in [6, 6.07) is 0.574. The summed E-state index contributed by atoms with van der Waals surface area (Å²) in [5, 5.41) is 5.74. The minimum absolute atomic E-state index is 0.574. The summed E-state index contributed by atoms with van der Waals surface area (Å²) in [7, 11) is 0. The van der Waals surface area contributed by atoms with Crippen LogP contribution in [0, 0.1) is 6.92 Å². The Labute approximate surface area is 85.2 Å². The van der Waals surface area contributed by atoms with Crippen LogP contribution in [0.3, 0.4) is 0 Å². The van der Waals surface area contributed by atoms with E-state index in [1.807, 2.05) is 11.3 Å². The summed E-state index contributed by atoms with van der Waals surface area (Å²) in [4.78, 5) is 1.48. The summed E-state index contributed by atoms with van der Waals surface area (Å²) in [5.41, 5.74) is 3.02. The first-order valence-electron chi connectivity index (χ1n) is 4.94. The second-order valence-electron chi connectivity index (χ2n) is 3.68. The van der Waals surface area contributed by atoms with E-state index >= 15 is 0 Å². The van der Waals surface area contributed by atoms with Crippen LogP contribution in [0.2, 0.25) is 0 Å². The van der Waals surface area contributed by atoms with Crippen molar-refractivity contribution in [3.8, 4) is 0 Å². The highest BCUT2D eigenvalue weighted by molar-refractivity contribution is 7.10. The van der Waals surface area contributed by atoms with Crippen LogP contribution in [0.4, 0.5) is 0 Å². The molecule has 0 saturated carbocycles. The molecule has 0 amide bonds. The van der Waals surface area contributed by atoms with Crippen LogP contribution in [0.15, 0.2) is 5.38 Å². The first-order valence-corrected chi connectivity index (χ1v) is 5.82. The van der Waals surface area contributed by atoms with Crippen molar-refractivity contribution in [2.45, 2.75) is 46.7 Å². The van der Waals surface area contributed by atoms with Gasteiger partial charge in [-0.3, -0.25) is 0 Å². The van der Waals surface area contributed by atoms with Crippen molar-refractivity contribution in [1.29, 1.82) is 0 Å². The van der Waals surface area contributed by atoms with E-state index < -0.39 is 0 Å². The third kappa shape index (κ3) is 2.82. The van der Waals surface area contributed by atoms with Crippen molar-refractivity contribution < 1.29 is 0 Å². The van der Waals surface area contributed by atoms with Crippen molar-refractivity contribution in [3.63, 3.8) is 0 Å². The normalized spacial score (nSPS) is 11.2. The van der Waals surface area contributed by atoms with Gasteiger partial charge in [0.1, 0.15) is 0 Å². The predicted molar refractivity (Wildman–Crippen MR) is 60.4 cm³/mol. The highest BCUT2D eigenvalue weighted by atomic mass is 32.1. The van der Waals surface area contributed by atoms with Crippen molar-refractivity contribution in [1.82, 2.24) is 5.32 Å². The molecule has 2 heteroatoms. The molecule has 1 aromatic heterocycles. The minimum Gasteiger partial charge on any atom is -0.310 e. The van der Waals surface area contributed by atoms with E-state index in [0.717, 1.165) is 13.0 Å². The summed E-state index contributed by atoms with van der Waals surface area (Å²) in [5.74, 6) is 0. The smallest absolute Gasteiger partial charge is 0.0218 e. The van der Waals surface area contributed by atoms with Crippen molar-refractivity contribution in [3.05, 3.63) is 21.4 Å². The Morgan fingerprint density at radius 1 is 1.46 bits per heavy atom. The Hall–Kier alpha value is -0.340. The molecule has 0 unspecified atom stereocenters. The number of thiophene rings is 1. The molecule has 1 heterocycles. The van der Waals surface area contributed by atoms with Gasteiger partial charge in [-0.25, -0.2) is 0 Å². The Morgan fingerprint density at radius 2 is 2.15 bits per heavy atom. The van der Waals surface area contributed by atoms with Crippen LogP contribution in [-0.2, 0) is 13.0 Å². The molecule has 1 aromatic rings. The Balaban J connectivity index is 2.65. The molecule has 0 aliphatic rings. The first-order chi connectivity index (χ1) is 6.15. The van der Waals surface area contributed by atoms with E-state index in [0.29, 0.717) is 6.04 Å². The van der Waals surface area contributed by atoms with Gasteiger partial charge in [-0.05, 0) is 29.9 Å². The molecule has 1 N–H and O–H groups in total. The van der Waals surface area contributed by atoms with Gasteiger partial charge < -0.3 is 5.32 Å². The molecule has 0 radical (unpaired) electrons. The highest BCUT2D eigenvalue weighted by Gasteiger charge is 2.06. The maximum absolute atomic E-state index is 3.46. The van der Waals surface area contributed by atoms with Crippen LogP contribution >= 0.6 is 11.3 Å². The molecule has 13 heavy (non-hydrogen) atoms. The average molecular weight is 197 g/mol. The molecule has 0 atom stereocenters. The van der Waals surface area contributed by atoms with Crippen LogP contribution in [0.25, 0.3) is 0 Å². The monoisotopic (exact) mass is 197 g/mol. The molecular formula is C11H19NS. The maximum Gasteiger partial charge on any atom is 0.0218 e. The third-order valence-electron chi connectivity index (χ3n) is 2.24. The Kier molecular flexibility index (Phi) is 3.94. The van der Waals surface area contributed by atoms with Crippen LogP contribution in [-0.4, -0.2) is 6.04 Å². The second-order valence-corrected chi connectivity index (χ2v) is 4.77. The van der Waals surface area contributed by atoms with Gasteiger partial charge in [0.2, 0.25) is 0 Å². The Morgan fingerprint density at radius 3 is 2.69 bits per heavy atom. The lowest BCUT2D eigenvalue weighted by atomic mass is 10.1. The van der Waals surface area contributed by atoms with Gasteiger partial charge in [0.05, 0.1) is 0 Å². The predicted octanol–water partition coefficient (Wildman–Crippen LogP) is 3.12. The summed E-state index contributed by atoms with van der Waals surface area (Å²) in [6.07, 6.45) is 1.16. The number of hydrogen-bond acceptors (Lipinski definition) is 2. The Bertz CT molecular complexity index is 263. The lowest BCUT2D eigenvalue weighted by Crippen LogP contribution is -2.22. The van der Waals surface area contributed by atoms with E-state index in [-0.39, 0.29) is 0 Å². The number of aryl methyl sites for hydroxylation is 1. The lowest BCUT2D eigenvalue weighted by molar-refractivity contribution is 0.587. The summed E-state index contributed by atoms with van der Waals surface area (Å²) >= 11 is 1.87. The quantitative estimate of drug-likeness (QED) is 0.782. The lowest BCUT2D eigenvalue weighted by Gasteiger charge is -2.08. The molecule has 0 spiro atoms. The number of rotatable bonds is 4. The van der Waals surface area contributed by atoms with Gasteiger partial charge in [0.15, 0.2) is 0 Å². The molecule has 74 valence electrons. The standard InChI is InChI=1S/C11H19NS/c1-5-11-9(4)13-7-10(11)6-12-8(2)3/h7-8,12H,5-6H2,1-4H3. The largest absolute Gasteiger partial charge is 0.310 e. The van der Waals surface area contributed by atoms with Crippen LogP contribution in [0.1, 0.15) is 36.8 Å². The maximum atomic E-state index is 3.46. The van der Waals surface area contributed by atoms with Crippen LogP contribution < -0.4 is 5.32 Å². The molecule has 0 aliphatic heterocycles. The number of nitrogens with one attached hydrogen (secondary N) is 1.